The highest BCUT2D eigenvalue weighted by atomic mass is 35.5. The molecule has 0 radical (unpaired) electrons. The number of carbonyl (C=O) groups excluding carboxylic acids is 2. The third kappa shape index (κ3) is 4.11. The van der Waals surface area contributed by atoms with E-state index in [2.05, 4.69) is 16.0 Å². The highest BCUT2D eigenvalue weighted by molar-refractivity contribution is 5.92. The number of furan rings is 1. The van der Waals surface area contributed by atoms with E-state index in [1.807, 2.05) is 6.92 Å². The van der Waals surface area contributed by atoms with Gasteiger partial charge in [0.05, 0.1) is 6.26 Å². The Hall–Kier alpha value is -1.53. The SMILES string of the molecule is Cc1ccoc1C(=O)NCCCNC(=O)C1CC12CCNCC2.Cl. The van der Waals surface area contributed by atoms with Crippen LogP contribution in [0, 0.1) is 18.3 Å². The Labute approximate surface area is 148 Å². The van der Waals surface area contributed by atoms with Crippen molar-refractivity contribution in [2.75, 3.05) is 26.2 Å². The normalized spacial score (nSPS) is 21.0. The first-order valence-electron chi connectivity index (χ1n) is 8.43. The van der Waals surface area contributed by atoms with Crippen molar-refractivity contribution in [3.8, 4) is 0 Å². The molecule has 1 unspecified atom stereocenters. The van der Waals surface area contributed by atoms with Gasteiger partial charge in [-0.05, 0) is 57.2 Å². The lowest BCUT2D eigenvalue weighted by molar-refractivity contribution is -0.123. The lowest BCUT2D eigenvalue weighted by Crippen LogP contribution is -2.34. The highest BCUT2D eigenvalue weighted by Gasteiger charge is 2.57. The minimum atomic E-state index is -0.199. The van der Waals surface area contributed by atoms with Gasteiger partial charge in [0.25, 0.3) is 5.91 Å². The summed E-state index contributed by atoms with van der Waals surface area (Å²) in [5.74, 6) is 0.541. The van der Waals surface area contributed by atoms with E-state index in [9.17, 15) is 9.59 Å². The molecule has 6 nitrogen and oxygen atoms in total. The van der Waals surface area contributed by atoms with Gasteiger partial charge in [-0.1, -0.05) is 0 Å². The van der Waals surface area contributed by atoms with Crippen molar-refractivity contribution >= 4 is 24.2 Å². The number of hydrogen-bond acceptors (Lipinski definition) is 4. The lowest BCUT2D eigenvalue weighted by atomic mass is 9.92. The van der Waals surface area contributed by atoms with E-state index in [0.29, 0.717) is 18.8 Å². The van der Waals surface area contributed by atoms with Crippen LogP contribution in [-0.2, 0) is 4.79 Å². The second kappa shape index (κ2) is 8.03. The monoisotopic (exact) mass is 355 g/mol. The minimum absolute atomic E-state index is 0. The average Bonchev–Trinajstić information content (AvgIpc) is 3.05. The molecule has 0 bridgehead atoms. The van der Waals surface area contributed by atoms with Crippen LogP contribution in [-0.4, -0.2) is 38.0 Å². The Morgan fingerprint density at radius 3 is 2.67 bits per heavy atom. The van der Waals surface area contributed by atoms with Gasteiger partial charge >= 0.3 is 0 Å². The molecule has 7 heteroatoms. The van der Waals surface area contributed by atoms with Crippen LogP contribution < -0.4 is 16.0 Å². The molecule has 2 fully saturated rings. The van der Waals surface area contributed by atoms with Crippen molar-refractivity contribution in [1.82, 2.24) is 16.0 Å². The zero-order valence-electron chi connectivity index (χ0n) is 14.0. The van der Waals surface area contributed by atoms with Crippen LogP contribution in [0.5, 0.6) is 0 Å². The number of halogens is 1. The summed E-state index contributed by atoms with van der Waals surface area (Å²) in [5, 5.41) is 9.16. The van der Waals surface area contributed by atoms with Gasteiger partial charge in [0.1, 0.15) is 0 Å². The summed E-state index contributed by atoms with van der Waals surface area (Å²) in [5.41, 5.74) is 1.11. The maximum Gasteiger partial charge on any atom is 0.287 e. The van der Waals surface area contributed by atoms with Gasteiger partial charge in [0.2, 0.25) is 5.91 Å². The van der Waals surface area contributed by atoms with Crippen LogP contribution >= 0.6 is 12.4 Å². The van der Waals surface area contributed by atoms with Crippen LogP contribution in [0.2, 0.25) is 0 Å². The molecule has 1 saturated carbocycles. The standard InChI is InChI=1S/C17H25N3O3.ClH/c1-12-3-10-23-14(12)16(22)20-7-2-6-19-15(21)13-11-17(13)4-8-18-9-5-17;/h3,10,13,18H,2,4-9,11H2,1H3,(H,19,21)(H,20,22);1H. The molecule has 1 aliphatic heterocycles. The zero-order valence-corrected chi connectivity index (χ0v) is 14.8. The molecule has 24 heavy (non-hydrogen) atoms. The number of nitrogens with one attached hydrogen (secondary N) is 3. The Morgan fingerprint density at radius 2 is 2.00 bits per heavy atom. The summed E-state index contributed by atoms with van der Waals surface area (Å²) < 4.78 is 5.14. The van der Waals surface area contributed by atoms with Gasteiger partial charge in [0, 0.05) is 24.6 Å². The topological polar surface area (TPSA) is 83.4 Å². The Balaban J connectivity index is 0.00000208. The number of aryl methyl sites for hydroxylation is 1. The largest absolute Gasteiger partial charge is 0.459 e. The molecule has 134 valence electrons. The van der Waals surface area contributed by atoms with E-state index in [0.717, 1.165) is 44.3 Å². The predicted octanol–water partition coefficient (Wildman–Crippen LogP) is 1.64. The highest BCUT2D eigenvalue weighted by Crippen LogP contribution is 2.58. The van der Waals surface area contributed by atoms with Gasteiger partial charge in [-0.3, -0.25) is 9.59 Å². The van der Waals surface area contributed by atoms with Gasteiger partial charge in [-0.25, -0.2) is 0 Å². The first-order valence-corrected chi connectivity index (χ1v) is 8.43. The number of amides is 2. The van der Waals surface area contributed by atoms with E-state index in [1.54, 1.807) is 6.07 Å². The second-order valence-corrected chi connectivity index (χ2v) is 6.70. The number of piperidine rings is 1. The third-order valence-corrected chi connectivity index (χ3v) is 5.11. The van der Waals surface area contributed by atoms with Crippen LogP contribution in [0.15, 0.2) is 16.7 Å². The van der Waals surface area contributed by atoms with Crippen LogP contribution in [0.4, 0.5) is 0 Å². The Bertz CT molecular complexity index is 581. The summed E-state index contributed by atoms with van der Waals surface area (Å²) >= 11 is 0. The summed E-state index contributed by atoms with van der Waals surface area (Å²) in [7, 11) is 0. The van der Waals surface area contributed by atoms with Crippen molar-refractivity contribution in [3.63, 3.8) is 0 Å². The molecule has 0 aromatic carbocycles. The predicted molar refractivity (Wildman–Crippen MR) is 93.3 cm³/mol. The van der Waals surface area contributed by atoms with Gasteiger partial charge in [-0.15, -0.1) is 12.4 Å². The quantitative estimate of drug-likeness (QED) is 0.677. The maximum atomic E-state index is 12.2. The van der Waals surface area contributed by atoms with Gasteiger partial charge < -0.3 is 20.4 Å². The first kappa shape index (κ1) is 18.8. The number of carbonyl (C=O) groups is 2. The fourth-order valence-corrected chi connectivity index (χ4v) is 3.51. The maximum absolute atomic E-state index is 12.2. The smallest absolute Gasteiger partial charge is 0.287 e. The van der Waals surface area contributed by atoms with Crippen LogP contribution in [0.3, 0.4) is 0 Å². The molecule has 2 heterocycles. The van der Waals surface area contributed by atoms with Crippen molar-refractivity contribution in [3.05, 3.63) is 23.7 Å². The number of hydrogen-bond donors (Lipinski definition) is 3. The molecule has 3 N–H and O–H groups in total. The van der Waals surface area contributed by atoms with Gasteiger partial charge in [0.15, 0.2) is 5.76 Å². The molecule has 1 atom stereocenters. The van der Waals surface area contributed by atoms with Crippen molar-refractivity contribution in [1.29, 1.82) is 0 Å². The molecule has 1 spiro atoms. The molecule has 1 aromatic rings. The molecule has 1 aromatic heterocycles. The van der Waals surface area contributed by atoms with Crippen molar-refractivity contribution < 1.29 is 14.0 Å². The summed E-state index contributed by atoms with van der Waals surface area (Å²) in [4.78, 5) is 24.0. The molecular weight excluding hydrogens is 330 g/mol. The lowest BCUT2D eigenvalue weighted by Gasteiger charge is -2.23. The zero-order chi connectivity index (χ0) is 16.3. The van der Waals surface area contributed by atoms with E-state index >= 15 is 0 Å². The fraction of sp³-hybridized carbons (Fsp3) is 0.647. The molecule has 2 aliphatic rings. The minimum Gasteiger partial charge on any atom is -0.459 e. The van der Waals surface area contributed by atoms with Crippen LogP contribution in [0.25, 0.3) is 0 Å². The average molecular weight is 356 g/mol. The molecule has 1 aliphatic carbocycles. The second-order valence-electron chi connectivity index (χ2n) is 6.70. The fourth-order valence-electron chi connectivity index (χ4n) is 3.51. The van der Waals surface area contributed by atoms with Crippen molar-refractivity contribution in [2.24, 2.45) is 11.3 Å². The first-order chi connectivity index (χ1) is 11.1. The van der Waals surface area contributed by atoms with Crippen LogP contribution in [0.1, 0.15) is 41.8 Å². The summed E-state index contributed by atoms with van der Waals surface area (Å²) in [6, 6.07) is 1.77. The third-order valence-electron chi connectivity index (χ3n) is 5.11. The molecule has 3 rings (SSSR count). The van der Waals surface area contributed by atoms with E-state index in [-0.39, 0.29) is 35.6 Å². The Morgan fingerprint density at radius 1 is 1.29 bits per heavy atom. The molecule has 2 amide bonds. The summed E-state index contributed by atoms with van der Waals surface area (Å²) in [6.07, 6.45) is 5.50. The Kier molecular flexibility index (Phi) is 6.29. The van der Waals surface area contributed by atoms with E-state index in [1.165, 1.54) is 6.26 Å². The van der Waals surface area contributed by atoms with Crippen molar-refractivity contribution in [2.45, 2.75) is 32.6 Å². The number of rotatable bonds is 6. The van der Waals surface area contributed by atoms with Gasteiger partial charge in [-0.2, -0.15) is 0 Å². The molecular formula is C17H26ClN3O3. The van der Waals surface area contributed by atoms with E-state index in [4.69, 9.17) is 4.42 Å². The summed E-state index contributed by atoms with van der Waals surface area (Å²) in [6.45, 7) is 5.02. The van der Waals surface area contributed by atoms with E-state index < -0.39 is 0 Å². The molecule has 1 saturated heterocycles.